The highest BCUT2D eigenvalue weighted by Crippen LogP contribution is 2.42. The minimum absolute atomic E-state index is 0.324. The van der Waals surface area contributed by atoms with Crippen molar-refractivity contribution in [3.8, 4) is 34.2 Å². The van der Waals surface area contributed by atoms with E-state index in [1.807, 2.05) is 120 Å². The van der Waals surface area contributed by atoms with Crippen LogP contribution in [0.1, 0.15) is 16.7 Å². The van der Waals surface area contributed by atoms with E-state index in [0.29, 0.717) is 17.9 Å². The molecule has 5 aromatic rings. The maximum atomic E-state index is 13.1. The summed E-state index contributed by atoms with van der Waals surface area (Å²) in [6.07, 6.45) is 1.52. The molecule has 1 N–H and O–H groups in total. The lowest BCUT2D eigenvalue weighted by atomic mass is 9.98. The van der Waals surface area contributed by atoms with Crippen LogP contribution in [-0.4, -0.2) is 30.4 Å². The van der Waals surface area contributed by atoms with Gasteiger partial charge in [-0.15, -0.1) is 0 Å². The number of methoxy groups -OCH3 is 1. The van der Waals surface area contributed by atoms with Crippen molar-refractivity contribution in [3.05, 3.63) is 132 Å². The number of nitrogens with zero attached hydrogens (tertiary/aromatic N) is 3. The summed E-state index contributed by atoms with van der Waals surface area (Å²) in [7, 11) is 1.60. The SMILES string of the molecule is COc1ccc(C=NOCC(=O)Nc2c(C#N)c(-c3ccccc3)c(-c3ccccc3)n2Cc2ccccc2)cc1. The van der Waals surface area contributed by atoms with E-state index in [2.05, 4.69) is 16.5 Å². The highest BCUT2D eigenvalue weighted by molar-refractivity contribution is 5.98. The van der Waals surface area contributed by atoms with Crippen LogP contribution in [0.25, 0.3) is 22.4 Å². The fourth-order valence-electron chi connectivity index (χ4n) is 4.62. The molecule has 0 radical (unpaired) electrons. The van der Waals surface area contributed by atoms with Crippen molar-refractivity contribution < 1.29 is 14.4 Å². The third kappa shape index (κ3) is 6.35. The molecular formula is C34H28N4O3. The Hall–Kier alpha value is -5.61. The highest BCUT2D eigenvalue weighted by Gasteiger charge is 2.26. The molecule has 0 unspecified atom stereocenters. The van der Waals surface area contributed by atoms with Gasteiger partial charge in [-0.1, -0.05) is 96.2 Å². The Kier molecular flexibility index (Phi) is 8.53. The number of hydrogen-bond acceptors (Lipinski definition) is 5. The zero-order valence-corrected chi connectivity index (χ0v) is 22.5. The van der Waals surface area contributed by atoms with Crippen molar-refractivity contribution in [2.24, 2.45) is 5.16 Å². The third-order valence-electron chi connectivity index (χ3n) is 6.51. The van der Waals surface area contributed by atoms with Gasteiger partial charge in [0, 0.05) is 12.1 Å². The molecule has 0 spiro atoms. The number of nitriles is 1. The molecule has 1 amide bonds. The van der Waals surface area contributed by atoms with Crippen LogP contribution in [0.4, 0.5) is 5.82 Å². The van der Waals surface area contributed by atoms with Gasteiger partial charge in [0.1, 0.15) is 23.2 Å². The molecule has 0 saturated carbocycles. The summed E-state index contributed by atoms with van der Waals surface area (Å²) in [4.78, 5) is 18.4. The number of amides is 1. The number of rotatable bonds is 10. The van der Waals surface area contributed by atoms with Gasteiger partial charge in [0.25, 0.3) is 5.91 Å². The second kappa shape index (κ2) is 13.0. The second-order valence-electron chi connectivity index (χ2n) is 9.19. The van der Waals surface area contributed by atoms with Gasteiger partial charge in [-0.25, -0.2) is 0 Å². The lowest BCUT2D eigenvalue weighted by Crippen LogP contribution is -2.20. The highest BCUT2D eigenvalue weighted by atomic mass is 16.6. The standard InChI is InChI=1S/C34H28N4O3/c1-40-29-19-17-25(18-20-29)22-36-41-24-31(39)37-34-30(21-35)32(27-13-7-3-8-14-27)33(28-15-9-4-10-16-28)38(34)23-26-11-5-2-6-12-26/h2-20,22H,23-24H2,1H3,(H,37,39). The van der Waals surface area contributed by atoms with E-state index in [-0.39, 0.29) is 6.61 Å². The number of benzene rings is 4. The summed E-state index contributed by atoms with van der Waals surface area (Å²) >= 11 is 0. The second-order valence-corrected chi connectivity index (χ2v) is 9.19. The summed E-state index contributed by atoms with van der Waals surface area (Å²) in [6.45, 7) is 0.119. The first kappa shape index (κ1) is 27.0. The van der Waals surface area contributed by atoms with Crippen LogP contribution >= 0.6 is 0 Å². The van der Waals surface area contributed by atoms with Crippen molar-refractivity contribution in [2.75, 3.05) is 19.0 Å². The third-order valence-corrected chi connectivity index (χ3v) is 6.51. The molecule has 1 heterocycles. The van der Waals surface area contributed by atoms with Gasteiger partial charge < -0.3 is 19.5 Å². The molecule has 202 valence electrons. The number of ether oxygens (including phenoxy) is 1. The van der Waals surface area contributed by atoms with E-state index in [4.69, 9.17) is 9.57 Å². The zero-order valence-electron chi connectivity index (χ0n) is 22.5. The molecule has 4 aromatic carbocycles. The van der Waals surface area contributed by atoms with Gasteiger partial charge in [0.2, 0.25) is 0 Å². The summed E-state index contributed by atoms with van der Waals surface area (Å²) in [5.74, 6) is 0.709. The summed E-state index contributed by atoms with van der Waals surface area (Å²) in [5, 5.41) is 17.3. The van der Waals surface area contributed by atoms with Gasteiger partial charge in [-0.3, -0.25) is 4.79 Å². The van der Waals surface area contributed by atoms with Crippen LogP contribution in [0, 0.1) is 11.3 Å². The average molecular weight is 541 g/mol. The average Bonchev–Trinajstić information content (AvgIpc) is 3.33. The van der Waals surface area contributed by atoms with Gasteiger partial charge in [0.15, 0.2) is 6.61 Å². The lowest BCUT2D eigenvalue weighted by molar-refractivity contribution is -0.120. The maximum absolute atomic E-state index is 13.1. The predicted molar refractivity (Wildman–Crippen MR) is 161 cm³/mol. The van der Waals surface area contributed by atoms with Gasteiger partial charge in [-0.2, -0.15) is 5.26 Å². The van der Waals surface area contributed by atoms with E-state index in [9.17, 15) is 10.1 Å². The smallest absolute Gasteiger partial charge is 0.266 e. The zero-order chi connectivity index (χ0) is 28.4. The van der Waals surface area contributed by atoms with E-state index in [1.54, 1.807) is 7.11 Å². The molecule has 0 bridgehead atoms. The van der Waals surface area contributed by atoms with Crippen molar-refractivity contribution in [1.29, 1.82) is 5.26 Å². The number of anilines is 1. The Morgan fingerprint density at radius 1 is 0.878 bits per heavy atom. The molecule has 0 aliphatic heterocycles. The van der Waals surface area contributed by atoms with Crippen LogP contribution in [0.5, 0.6) is 5.75 Å². The minimum Gasteiger partial charge on any atom is -0.497 e. The normalized spacial score (nSPS) is 10.7. The maximum Gasteiger partial charge on any atom is 0.266 e. The molecule has 5 rings (SSSR count). The first-order valence-corrected chi connectivity index (χ1v) is 13.1. The van der Waals surface area contributed by atoms with Crippen molar-refractivity contribution in [3.63, 3.8) is 0 Å². The molecule has 1 aromatic heterocycles. The topological polar surface area (TPSA) is 88.6 Å². The Balaban J connectivity index is 1.51. The van der Waals surface area contributed by atoms with E-state index >= 15 is 0 Å². The number of aromatic nitrogens is 1. The molecule has 0 fully saturated rings. The van der Waals surface area contributed by atoms with Gasteiger partial charge >= 0.3 is 0 Å². The number of hydrogen-bond donors (Lipinski definition) is 1. The minimum atomic E-state index is -0.431. The molecule has 0 saturated heterocycles. The summed E-state index contributed by atoms with van der Waals surface area (Å²) < 4.78 is 7.15. The largest absolute Gasteiger partial charge is 0.497 e. The van der Waals surface area contributed by atoms with E-state index in [1.165, 1.54) is 6.21 Å². The van der Waals surface area contributed by atoms with E-state index < -0.39 is 5.91 Å². The summed E-state index contributed by atoms with van der Waals surface area (Å²) in [5.41, 5.74) is 5.61. The summed E-state index contributed by atoms with van der Waals surface area (Å²) in [6, 6.07) is 39.2. The van der Waals surface area contributed by atoms with Crippen molar-refractivity contribution in [1.82, 2.24) is 4.57 Å². The molecule has 41 heavy (non-hydrogen) atoms. The number of carbonyl (C=O) groups excluding carboxylic acids is 1. The fraction of sp³-hybridized carbons (Fsp3) is 0.0882. The van der Waals surface area contributed by atoms with Crippen LogP contribution in [0.2, 0.25) is 0 Å². The van der Waals surface area contributed by atoms with Gasteiger partial charge in [-0.05, 0) is 46.5 Å². The monoisotopic (exact) mass is 540 g/mol. The quantitative estimate of drug-likeness (QED) is 0.157. The predicted octanol–water partition coefficient (Wildman–Crippen LogP) is 6.74. The fourth-order valence-corrected chi connectivity index (χ4v) is 4.62. The van der Waals surface area contributed by atoms with Gasteiger partial charge in [0.05, 0.1) is 19.0 Å². The Bertz CT molecular complexity index is 1670. The molecule has 7 nitrogen and oxygen atoms in total. The first-order valence-electron chi connectivity index (χ1n) is 13.1. The van der Waals surface area contributed by atoms with E-state index in [0.717, 1.165) is 39.3 Å². The molecule has 7 heteroatoms. The lowest BCUT2D eigenvalue weighted by Gasteiger charge is -2.15. The number of carbonyl (C=O) groups is 1. The van der Waals surface area contributed by atoms with Crippen molar-refractivity contribution in [2.45, 2.75) is 6.54 Å². The van der Waals surface area contributed by atoms with Crippen molar-refractivity contribution >= 4 is 17.9 Å². The Labute approximate surface area is 238 Å². The van der Waals surface area contributed by atoms with Crippen LogP contribution in [0.3, 0.4) is 0 Å². The van der Waals surface area contributed by atoms with Crippen LogP contribution in [-0.2, 0) is 16.2 Å². The molecule has 0 atom stereocenters. The first-order chi connectivity index (χ1) is 20.2. The molecular weight excluding hydrogens is 512 g/mol. The number of nitrogens with one attached hydrogen (secondary N) is 1. The molecule has 0 aliphatic rings. The Morgan fingerprint density at radius 3 is 2.10 bits per heavy atom. The van der Waals surface area contributed by atoms with Crippen LogP contribution < -0.4 is 10.1 Å². The van der Waals surface area contributed by atoms with Crippen LogP contribution in [0.15, 0.2) is 120 Å². The Morgan fingerprint density at radius 2 is 1.49 bits per heavy atom. The molecule has 0 aliphatic carbocycles. The number of oxime groups is 1.